The molecule has 2 N–H and O–H groups in total. The lowest BCUT2D eigenvalue weighted by Crippen LogP contribution is -2.29. The zero-order valence-electron chi connectivity index (χ0n) is 15.9. The molecule has 0 radical (unpaired) electrons. The number of rotatable bonds is 8. The second-order valence-electron chi connectivity index (χ2n) is 6.78. The molecule has 0 atom stereocenters. The van der Waals surface area contributed by atoms with Crippen LogP contribution in [0.2, 0.25) is 0 Å². The summed E-state index contributed by atoms with van der Waals surface area (Å²) in [7, 11) is 1.65. The number of carbonyl (C=O) groups excluding carboxylic acids is 1. The number of anilines is 3. The fourth-order valence-corrected chi connectivity index (χ4v) is 3.23. The van der Waals surface area contributed by atoms with Crippen molar-refractivity contribution in [2.24, 2.45) is 0 Å². The molecule has 6 nitrogen and oxygen atoms in total. The Balaban J connectivity index is 1.58. The molecule has 27 heavy (non-hydrogen) atoms. The van der Waals surface area contributed by atoms with Crippen LogP contribution in [0.1, 0.15) is 36.0 Å². The molecule has 0 unspecified atom stereocenters. The van der Waals surface area contributed by atoms with Crippen LogP contribution in [0.5, 0.6) is 0 Å². The molecule has 1 amide bonds. The van der Waals surface area contributed by atoms with E-state index in [2.05, 4.69) is 44.8 Å². The van der Waals surface area contributed by atoms with Gasteiger partial charge in [0.05, 0.1) is 17.4 Å². The first-order valence-corrected chi connectivity index (χ1v) is 9.60. The van der Waals surface area contributed by atoms with E-state index >= 15 is 0 Å². The molecule has 2 aromatic rings. The molecule has 1 aliphatic heterocycles. The minimum absolute atomic E-state index is 0.123. The fourth-order valence-electron chi connectivity index (χ4n) is 3.23. The molecule has 1 saturated heterocycles. The van der Waals surface area contributed by atoms with E-state index in [1.165, 1.54) is 24.9 Å². The largest absolute Gasteiger partial charge is 0.385 e. The van der Waals surface area contributed by atoms with Gasteiger partial charge in [0, 0.05) is 50.9 Å². The zero-order chi connectivity index (χ0) is 18.9. The van der Waals surface area contributed by atoms with Gasteiger partial charge in [-0.3, -0.25) is 9.78 Å². The number of nitrogens with zero attached hydrogens (tertiary/aromatic N) is 2. The number of carbonyl (C=O) groups is 1. The first kappa shape index (κ1) is 19.2. The van der Waals surface area contributed by atoms with Crippen molar-refractivity contribution in [2.75, 3.05) is 43.6 Å². The SMILES string of the molecule is COCCCNC(=O)c1cncc(Nc2ccc(N3CCCCC3)cc2)c1. The van der Waals surface area contributed by atoms with Crippen molar-refractivity contribution in [1.82, 2.24) is 10.3 Å². The maximum atomic E-state index is 12.2. The van der Waals surface area contributed by atoms with E-state index in [0.717, 1.165) is 30.9 Å². The van der Waals surface area contributed by atoms with Gasteiger partial charge in [-0.2, -0.15) is 0 Å². The highest BCUT2D eigenvalue weighted by molar-refractivity contribution is 5.94. The topological polar surface area (TPSA) is 66.5 Å². The van der Waals surface area contributed by atoms with E-state index in [-0.39, 0.29) is 5.91 Å². The van der Waals surface area contributed by atoms with E-state index < -0.39 is 0 Å². The van der Waals surface area contributed by atoms with Gasteiger partial charge in [0.25, 0.3) is 5.91 Å². The number of ether oxygens (including phenoxy) is 1. The Bertz CT molecular complexity index is 727. The summed E-state index contributed by atoms with van der Waals surface area (Å²) >= 11 is 0. The molecule has 3 rings (SSSR count). The standard InChI is InChI=1S/C21H28N4O2/c1-27-13-5-10-23-21(26)17-14-19(16-22-15-17)24-18-6-8-20(9-7-18)25-11-3-2-4-12-25/h6-9,14-16,24H,2-5,10-13H2,1H3,(H,23,26). The molecule has 0 bridgehead atoms. The van der Waals surface area contributed by atoms with Gasteiger partial charge in [-0.25, -0.2) is 0 Å². The molecule has 144 valence electrons. The average molecular weight is 368 g/mol. The van der Waals surface area contributed by atoms with Gasteiger partial charge in [0.15, 0.2) is 0 Å². The number of benzene rings is 1. The van der Waals surface area contributed by atoms with Gasteiger partial charge in [0.2, 0.25) is 0 Å². The third-order valence-corrected chi connectivity index (χ3v) is 4.69. The summed E-state index contributed by atoms with van der Waals surface area (Å²) in [6.45, 7) is 3.49. The number of amides is 1. The minimum atomic E-state index is -0.123. The molecule has 1 aliphatic rings. The number of pyridine rings is 1. The molecule has 0 saturated carbocycles. The summed E-state index contributed by atoms with van der Waals surface area (Å²) in [5, 5.41) is 6.20. The maximum absolute atomic E-state index is 12.2. The van der Waals surface area contributed by atoms with Crippen LogP contribution in [0.25, 0.3) is 0 Å². The van der Waals surface area contributed by atoms with E-state index in [9.17, 15) is 4.79 Å². The lowest BCUT2D eigenvalue weighted by Gasteiger charge is -2.28. The Kier molecular flexibility index (Phi) is 7.04. The summed E-state index contributed by atoms with van der Waals surface area (Å²) < 4.78 is 4.99. The highest BCUT2D eigenvalue weighted by Gasteiger charge is 2.11. The van der Waals surface area contributed by atoms with Gasteiger partial charge < -0.3 is 20.3 Å². The van der Waals surface area contributed by atoms with E-state index in [0.29, 0.717) is 18.7 Å². The lowest BCUT2D eigenvalue weighted by atomic mass is 10.1. The number of hydrogen-bond donors (Lipinski definition) is 2. The van der Waals surface area contributed by atoms with Gasteiger partial charge in [-0.05, 0) is 56.0 Å². The number of piperidine rings is 1. The Morgan fingerprint density at radius 2 is 1.89 bits per heavy atom. The monoisotopic (exact) mass is 368 g/mol. The molecule has 1 fully saturated rings. The minimum Gasteiger partial charge on any atom is -0.385 e. The summed E-state index contributed by atoms with van der Waals surface area (Å²) in [5.41, 5.74) is 3.59. The van der Waals surface area contributed by atoms with Crippen LogP contribution in [-0.4, -0.2) is 44.2 Å². The lowest BCUT2D eigenvalue weighted by molar-refractivity contribution is 0.0948. The molecule has 6 heteroatoms. The van der Waals surface area contributed by atoms with Crippen LogP contribution in [0.4, 0.5) is 17.1 Å². The van der Waals surface area contributed by atoms with Crippen molar-refractivity contribution >= 4 is 23.0 Å². The van der Waals surface area contributed by atoms with E-state index in [1.807, 2.05) is 6.07 Å². The van der Waals surface area contributed by atoms with Crippen molar-refractivity contribution in [3.05, 3.63) is 48.3 Å². The zero-order valence-corrected chi connectivity index (χ0v) is 15.9. The maximum Gasteiger partial charge on any atom is 0.252 e. The Morgan fingerprint density at radius 1 is 1.11 bits per heavy atom. The van der Waals surface area contributed by atoms with Crippen molar-refractivity contribution in [1.29, 1.82) is 0 Å². The summed E-state index contributed by atoms with van der Waals surface area (Å²) in [4.78, 5) is 18.8. The molecule has 0 spiro atoms. The number of hydrogen-bond acceptors (Lipinski definition) is 5. The highest BCUT2D eigenvalue weighted by atomic mass is 16.5. The first-order valence-electron chi connectivity index (χ1n) is 9.60. The molecule has 2 heterocycles. The Morgan fingerprint density at radius 3 is 2.63 bits per heavy atom. The van der Waals surface area contributed by atoms with Crippen LogP contribution in [0.3, 0.4) is 0 Å². The molecule has 1 aromatic heterocycles. The Labute approximate surface area is 160 Å². The third kappa shape index (κ3) is 5.69. The smallest absolute Gasteiger partial charge is 0.252 e. The quantitative estimate of drug-likeness (QED) is 0.697. The molecule has 0 aliphatic carbocycles. The summed E-state index contributed by atoms with van der Waals surface area (Å²) in [6.07, 6.45) is 7.96. The van der Waals surface area contributed by atoms with Gasteiger partial charge in [-0.1, -0.05) is 0 Å². The first-order chi connectivity index (χ1) is 13.3. The molecular formula is C21H28N4O2. The number of methoxy groups -OCH3 is 1. The predicted molar refractivity (Wildman–Crippen MR) is 109 cm³/mol. The molecular weight excluding hydrogens is 340 g/mol. The van der Waals surface area contributed by atoms with Crippen LogP contribution in [0, 0.1) is 0 Å². The summed E-state index contributed by atoms with van der Waals surface area (Å²) in [5.74, 6) is -0.123. The van der Waals surface area contributed by atoms with E-state index in [4.69, 9.17) is 4.74 Å². The van der Waals surface area contributed by atoms with Gasteiger partial charge in [-0.15, -0.1) is 0 Å². The molecule has 1 aromatic carbocycles. The third-order valence-electron chi connectivity index (χ3n) is 4.69. The summed E-state index contributed by atoms with van der Waals surface area (Å²) in [6, 6.07) is 10.3. The second kappa shape index (κ2) is 9.92. The fraction of sp³-hybridized carbons (Fsp3) is 0.429. The normalized spacial score (nSPS) is 14.0. The van der Waals surface area contributed by atoms with Crippen molar-refractivity contribution in [3.63, 3.8) is 0 Å². The number of nitrogens with one attached hydrogen (secondary N) is 2. The van der Waals surface area contributed by atoms with Crippen LogP contribution in [0.15, 0.2) is 42.7 Å². The van der Waals surface area contributed by atoms with Crippen molar-refractivity contribution in [2.45, 2.75) is 25.7 Å². The van der Waals surface area contributed by atoms with Gasteiger partial charge >= 0.3 is 0 Å². The van der Waals surface area contributed by atoms with Crippen molar-refractivity contribution in [3.8, 4) is 0 Å². The van der Waals surface area contributed by atoms with Crippen LogP contribution >= 0.6 is 0 Å². The average Bonchev–Trinajstić information content (AvgIpc) is 2.72. The predicted octanol–water partition coefficient (Wildman–Crippen LogP) is 3.58. The van der Waals surface area contributed by atoms with Crippen molar-refractivity contribution < 1.29 is 9.53 Å². The van der Waals surface area contributed by atoms with Crippen LogP contribution in [-0.2, 0) is 4.74 Å². The Hall–Kier alpha value is -2.60. The van der Waals surface area contributed by atoms with E-state index in [1.54, 1.807) is 19.5 Å². The number of aromatic nitrogens is 1. The van der Waals surface area contributed by atoms with Crippen LogP contribution < -0.4 is 15.5 Å². The second-order valence-corrected chi connectivity index (χ2v) is 6.78. The highest BCUT2D eigenvalue weighted by Crippen LogP contribution is 2.23. The van der Waals surface area contributed by atoms with Gasteiger partial charge in [0.1, 0.15) is 0 Å².